The van der Waals surface area contributed by atoms with Crippen molar-refractivity contribution < 1.29 is 0 Å². The number of nitrogens with one attached hydrogen (secondary N) is 1. The summed E-state index contributed by atoms with van der Waals surface area (Å²) in [7, 11) is 0. The number of rotatable bonds is 3. The van der Waals surface area contributed by atoms with Crippen LogP contribution in [0.2, 0.25) is 5.02 Å². The molecule has 1 aromatic carbocycles. The third-order valence-corrected chi connectivity index (χ3v) is 3.98. The first-order valence-corrected chi connectivity index (χ1v) is 7.23. The number of halogens is 1. The van der Waals surface area contributed by atoms with E-state index in [0.717, 1.165) is 27.7 Å². The maximum Gasteiger partial charge on any atom is 0.0506 e. The average Bonchev–Trinajstić information content (AvgIpc) is 2.32. The molecule has 1 unspecified atom stereocenters. The molecule has 0 radical (unpaired) electrons. The minimum Gasteiger partial charge on any atom is -0.378 e. The van der Waals surface area contributed by atoms with Crippen LogP contribution in [0, 0.1) is 27.7 Å². The fraction of sp³-hybridized carbons (Fsp3) is 0.353. The third-order valence-electron chi connectivity index (χ3n) is 3.57. The van der Waals surface area contributed by atoms with Gasteiger partial charge in [0.15, 0.2) is 0 Å². The summed E-state index contributed by atoms with van der Waals surface area (Å²) in [5, 5.41) is 4.29. The highest BCUT2D eigenvalue weighted by atomic mass is 35.5. The van der Waals surface area contributed by atoms with Crippen LogP contribution in [0.1, 0.15) is 41.0 Å². The number of aryl methyl sites for hydroxylation is 4. The molecule has 2 nitrogen and oxygen atoms in total. The standard InChI is InChI=1S/C17H21ClN2/c1-10-6-7-15(9-16(10)18)20-14(5)17-11(2)8-12(3)19-13(17)4/h6-9,14,20H,1-5H3. The maximum absolute atomic E-state index is 6.17. The summed E-state index contributed by atoms with van der Waals surface area (Å²) in [6, 6.07) is 8.39. The summed E-state index contributed by atoms with van der Waals surface area (Å²) in [5.41, 5.74) is 6.80. The average molecular weight is 289 g/mol. The highest BCUT2D eigenvalue weighted by Crippen LogP contribution is 2.27. The molecule has 3 heteroatoms. The predicted molar refractivity (Wildman–Crippen MR) is 86.7 cm³/mol. The van der Waals surface area contributed by atoms with Crippen molar-refractivity contribution in [2.24, 2.45) is 0 Å². The van der Waals surface area contributed by atoms with Crippen LogP contribution in [0.25, 0.3) is 0 Å². The molecule has 0 aliphatic rings. The number of benzene rings is 1. The molecule has 0 spiro atoms. The summed E-state index contributed by atoms with van der Waals surface area (Å²) in [6.45, 7) is 10.4. The molecule has 1 atom stereocenters. The van der Waals surface area contributed by atoms with E-state index < -0.39 is 0 Å². The quantitative estimate of drug-likeness (QED) is 0.845. The fourth-order valence-electron chi connectivity index (χ4n) is 2.69. The van der Waals surface area contributed by atoms with Gasteiger partial charge < -0.3 is 5.32 Å². The summed E-state index contributed by atoms with van der Waals surface area (Å²) in [6.07, 6.45) is 0. The first-order chi connectivity index (χ1) is 9.38. The van der Waals surface area contributed by atoms with Gasteiger partial charge in [-0.15, -0.1) is 0 Å². The highest BCUT2D eigenvalue weighted by molar-refractivity contribution is 6.31. The first-order valence-electron chi connectivity index (χ1n) is 6.86. The van der Waals surface area contributed by atoms with E-state index in [9.17, 15) is 0 Å². The lowest BCUT2D eigenvalue weighted by molar-refractivity contribution is 0.843. The van der Waals surface area contributed by atoms with Gasteiger partial charge in [-0.2, -0.15) is 0 Å². The van der Waals surface area contributed by atoms with Crippen LogP contribution in [0.3, 0.4) is 0 Å². The fourth-order valence-corrected chi connectivity index (χ4v) is 2.87. The first kappa shape index (κ1) is 14.9. The number of pyridine rings is 1. The van der Waals surface area contributed by atoms with Crippen molar-refractivity contribution in [3.63, 3.8) is 0 Å². The van der Waals surface area contributed by atoms with Gasteiger partial charge in [-0.1, -0.05) is 17.7 Å². The second kappa shape index (κ2) is 5.84. The van der Waals surface area contributed by atoms with E-state index in [1.54, 1.807) is 0 Å². The minimum absolute atomic E-state index is 0.196. The highest BCUT2D eigenvalue weighted by Gasteiger charge is 2.13. The monoisotopic (exact) mass is 288 g/mol. The second-order valence-electron chi connectivity index (χ2n) is 5.41. The predicted octanol–water partition coefficient (Wildman–Crippen LogP) is 5.14. The van der Waals surface area contributed by atoms with Gasteiger partial charge in [0.1, 0.15) is 0 Å². The summed E-state index contributed by atoms with van der Waals surface area (Å²) >= 11 is 6.17. The van der Waals surface area contributed by atoms with Crippen molar-refractivity contribution >= 4 is 17.3 Å². The topological polar surface area (TPSA) is 24.9 Å². The summed E-state index contributed by atoms with van der Waals surface area (Å²) in [5.74, 6) is 0. The Kier molecular flexibility index (Phi) is 4.34. The van der Waals surface area contributed by atoms with E-state index in [4.69, 9.17) is 11.6 Å². The van der Waals surface area contributed by atoms with Crippen LogP contribution < -0.4 is 5.32 Å². The maximum atomic E-state index is 6.17. The minimum atomic E-state index is 0.196. The van der Waals surface area contributed by atoms with Gasteiger partial charge in [0.25, 0.3) is 0 Å². The molecular formula is C17H21ClN2. The van der Waals surface area contributed by atoms with Crippen molar-refractivity contribution in [3.8, 4) is 0 Å². The second-order valence-corrected chi connectivity index (χ2v) is 5.82. The molecule has 1 aromatic heterocycles. The van der Waals surface area contributed by atoms with Gasteiger partial charge >= 0.3 is 0 Å². The van der Waals surface area contributed by atoms with Crippen molar-refractivity contribution in [1.82, 2.24) is 4.98 Å². The number of aromatic nitrogens is 1. The molecular weight excluding hydrogens is 268 g/mol. The number of hydrogen-bond acceptors (Lipinski definition) is 2. The molecule has 106 valence electrons. The molecule has 1 N–H and O–H groups in total. The lowest BCUT2D eigenvalue weighted by atomic mass is 10.00. The Morgan fingerprint density at radius 1 is 1.05 bits per heavy atom. The number of anilines is 1. The van der Waals surface area contributed by atoms with Crippen molar-refractivity contribution in [2.75, 3.05) is 5.32 Å². The van der Waals surface area contributed by atoms with E-state index >= 15 is 0 Å². The molecule has 2 rings (SSSR count). The smallest absolute Gasteiger partial charge is 0.0506 e. The van der Waals surface area contributed by atoms with Crippen LogP contribution in [-0.4, -0.2) is 4.98 Å². The molecule has 1 heterocycles. The van der Waals surface area contributed by atoms with Gasteiger partial charge in [-0.3, -0.25) is 4.98 Å². The molecule has 0 saturated heterocycles. The molecule has 0 aliphatic carbocycles. The Hall–Kier alpha value is -1.54. The summed E-state index contributed by atoms with van der Waals surface area (Å²) < 4.78 is 0. The SMILES string of the molecule is Cc1cc(C)c(C(C)Nc2ccc(C)c(Cl)c2)c(C)n1. The molecule has 0 fully saturated rings. The van der Waals surface area contributed by atoms with Crippen LogP contribution in [-0.2, 0) is 0 Å². The lowest BCUT2D eigenvalue weighted by Gasteiger charge is -2.20. The van der Waals surface area contributed by atoms with Crippen molar-refractivity contribution in [1.29, 1.82) is 0 Å². The van der Waals surface area contributed by atoms with E-state index in [1.165, 1.54) is 11.1 Å². The Balaban J connectivity index is 2.28. The van der Waals surface area contributed by atoms with Crippen LogP contribution in [0.15, 0.2) is 24.3 Å². The molecule has 20 heavy (non-hydrogen) atoms. The lowest BCUT2D eigenvalue weighted by Crippen LogP contribution is -2.11. The van der Waals surface area contributed by atoms with Gasteiger partial charge in [0.05, 0.1) is 6.04 Å². The van der Waals surface area contributed by atoms with Crippen LogP contribution in [0.4, 0.5) is 5.69 Å². The Labute approximate surface area is 126 Å². The molecule has 0 saturated carbocycles. The molecule has 0 bridgehead atoms. The third kappa shape index (κ3) is 3.13. The van der Waals surface area contributed by atoms with Crippen LogP contribution in [0.5, 0.6) is 0 Å². The number of nitrogens with zero attached hydrogens (tertiary/aromatic N) is 1. The van der Waals surface area contributed by atoms with Gasteiger partial charge in [0.2, 0.25) is 0 Å². The Bertz CT molecular complexity index is 612. The largest absolute Gasteiger partial charge is 0.378 e. The zero-order valence-electron chi connectivity index (χ0n) is 12.7. The Morgan fingerprint density at radius 3 is 2.35 bits per heavy atom. The summed E-state index contributed by atoms with van der Waals surface area (Å²) in [4.78, 5) is 4.56. The Morgan fingerprint density at radius 2 is 1.75 bits per heavy atom. The zero-order valence-corrected chi connectivity index (χ0v) is 13.5. The van der Waals surface area contributed by atoms with Gasteiger partial charge in [-0.25, -0.2) is 0 Å². The van der Waals surface area contributed by atoms with E-state index in [0.29, 0.717) is 0 Å². The molecule has 0 amide bonds. The molecule has 0 aliphatic heterocycles. The van der Waals surface area contributed by atoms with Gasteiger partial charge in [0, 0.05) is 22.1 Å². The number of hydrogen-bond donors (Lipinski definition) is 1. The molecule has 2 aromatic rings. The van der Waals surface area contributed by atoms with Gasteiger partial charge in [-0.05, 0) is 69.5 Å². The van der Waals surface area contributed by atoms with Crippen LogP contribution >= 0.6 is 11.6 Å². The zero-order chi connectivity index (χ0) is 14.9. The van der Waals surface area contributed by atoms with E-state index in [2.05, 4.69) is 43.2 Å². The van der Waals surface area contributed by atoms with Crippen molar-refractivity contribution in [2.45, 2.75) is 40.7 Å². The van der Waals surface area contributed by atoms with E-state index in [-0.39, 0.29) is 6.04 Å². The van der Waals surface area contributed by atoms with E-state index in [1.807, 2.05) is 26.0 Å². The normalized spacial score (nSPS) is 12.3. The van der Waals surface area contributed by atoms with Crippen molar-refractivity contribution in [3.05, 3.63) is 57.4 Å².